The maximum absolute atomic E-state index is 12.2. The second-order valence-corrected chi connectivity index (χ2v) is 5.57. The van der Waals surface area contributed by atoms with Crippen molar-refractivity contribution < 1.29 is 14.7 Å². The maximum atomic E-state index is 12.2. The molecule has 0 spiro atoms. The van der Waals surface area contributed by atoms with Gasteiger partial charge in [0.15, 0.2) is 6.04 Å². The molecule has 0 saturated heterocycles. The molecule has 108 valence electrons. The number of rotatable bonds is 4. The van der Waals surface area contributed by atoms with Crippen LogP contribution < -0.4 is 5.32 Å². The number of amides is 1. The number of carboxylic acids is 1. The number of carboxylic acid groups (broad SMARTS) is 1. The molecule has 4 nitrogen and oxygen atoms in total. The summed E-state index contributed by atoms with van der Waals surface area (Å²) in [4.78, 5) is 23.6. The number of benzene rings is 2. The van der Waals surface area contributed by atoms with Crippen molar-refractivity contribution in [3.8, 4) is 0 Å². The van der Waals surface area contributed by atoms with Crippen LogP contribution in [0.25, 0.3) is 0 Å². The van der Waals surface area contributed by atoms with Crippen LogP contribution in [0.3, 0.4) is 0 Å². The summed E-state index contributed by atoms with van der Waals surface area (Å²) in [6, 6.07) is 12.1. The molecule has 2 N–H and O–H groups in total. The molecule has 6 heteroatoms. The van der Waals surface area contributed by atoms with Crippen LogP contribution in [-0.4, -0.2) is 17.0 Å². The third-order valence-corrected chi connectivity index (χ3v) is 3.72. The van der Waals surface area contributed by atoms with E-state index in [1.807, 2.05) is 0 Å². The number of hydrogen-bond donors (Lipinski definition) is 2. The quantitative estimate of drug-likeness (QED) is 0.865. The van der Waals surface area contributed by atoms with Crippen LogP contribution in [0.5, 0.6) is 0 Å². The van der Waals surface area contributed by atoms with Gasteiger partial charge in [-0.25, -0.2) is 4.79 Å². The summed E-state index contributed by atoms with van der Waals surface area (Å²) in [5.74, 6) is -1.62. The number of nitrogens with one attached hydrogen (secondary N) is 1. The van der Waals surface area contributed by atoms with E-state index in [1.54, 1.807) is 42.5 Å². The highest BCUT2D eigenvalue weighted by molar-refractivity contribution is 9.10. The Morgan fingerprint density at radius 2 is 1.81 bits per heavy atom. The summed E-state index contributed by atoms with van der Waals surface area (Å²) in [5, 5.41) is 12.3. The molecule has 2 aromatic rings. The lowest BCUT2D eigenvalue weighted by Crippen LogP contribution is -2.33. The average molecular weight is 369 g/mol. The van der Waals surface area contributed by atoms with Crippen LogP contribution in [0, 0.1) is 0 Å². The minimum absolute atomic E-state index is 0.321. The van der Waals surface area contributed by atoms with Gasteiger partial charge in [0.2, 0.25) is 0 Å². The largest absolute Gasteiger partial charge is 0.479 e. The van der Waals surface area contributed by atoms with Crippen molar-refractivity contribution in [2.45, 2.75) is 6.04 Å². The first-order chi connectivity index (χ1) is 9.99. The van der Waals surface area contributed by atoms with Crippen LogP contribution >= 0.6 is 27.5 Å². The lowest BCUT2D eigenvalue weighted by atomic mass is 10.1. The van der Waals surface area contributed by atoms with Crippen molar-refractivity contribution in [1.82, 2.24) is 5.32 Å². The SMILES string of the molecule is O=C(N[C@@H](C(=O)O)c1ccccc1)c1ccc(Cl)cc1Br. The van der Waals surface area contributed by atoms with E-state index in [4.69, 9.17) is 11.6 Å². The van der Waals surface area contributed by atoms with Gasteiger partial charge in [-0.1, -0.05) is 41.9 Å². The molecule has 0 bridgehead atoms. The van der Waals surface area contributed by atoms with Crippen molar-refractivity contribution in [2.24, 2.45) is 0 Å². The van der Waals surface area contributed by atoms with Gasteiger partial charge in [-0.15, -0.1) is 0 Å². The van der Waals surface area contributed by atoms with Crippen LogP contribution in [0.15, 0.2) is 53.0 Å². The zero-order chi connectivity index (χ0) is 15.4. The van der Waals surface area contributed by atoms with E-state index in [0.717, 1.165) is 0 Å². The standard InChI is InChI=1S/C15H11BrClNO3/c16-12-8-10(17)6-7-11(12)14(19)18-13(15(20)21)9-4-2-1-3-5-9/h1-8,13H,(H,18,19)(H,20,21)/t13-/m1/s1. The topological polar surface area (TPSA) is 66.4 Å². The predicted molar refractivity (Wildman–Crippen MR) is 83.4 cm³/mol. The van der Waals surface area contributed by atoms with E-state index in [-0.39, 0.29) is 0 Å². The predicted octanol–water partition coefficient (Wildman–Crippen LogP) is 3.66. The Morgan fingerprint density at radius 1 is 1.14 bits per heavy atom. The van der Waals surface area contributed by atoms with E-state index in [9.17, 15) is 14.7 Å². The van der Waals surface area contributed by atoms with Crippen molar-refractivity contribution in [1.29, 1.82) is 0 Å². The second-order valence-electron chi connectivity index (χ2n) is 4.28. The minimum Gasteiger partial charge on any atom is -0.479 e. The summed E-state index contributed by atoms with van der Waals surface area (Å²) >= 11 is 9.06. The van der Waals surface area contributed by atoms with E-state index in [2.05, 4.69) is 21.2 Å². The van der Waals surface area contributed by atoms with Crippen LogP contribution in [-0.2, 0) is 4.79 Å². The Morgan fingerprint density at radius 3 is 2.38 bits per heavy atom. The number of aliphatic carboxylic acids is 1. The van der Waals surface area contributed by atoms with Gasteiger partial charge in [0.05, 0.1) is 5.56 Å². The normalized spacial score (nSPS) is 11.7. The number of halogens is 2. The molecule has 0 aliphatic heterocycles. The van der Waals surface area contributed by atoms with Gasteiger partial charge < -0.3 is 10.4 Å². The summed E-state index contributed by atoms with van der Waals surface area (Å²) in [6.45, 7) is 0. The van der Waals surface area contributed by atoms with Crippen LogP contribution in [0.1, 0.15) is 22.0 Å². The van der Waals surface area contributed by atoms with Crippen LogP contribution in [0.4, 0.5) is 0 Å². The molecule has 0 heterocycles. The number of hydrogen-bond acceptors (Lipinski definition) is 2. The molecule has 0 aliphatic rings. The van der Waals surface area contributed by atoms with Crippen molar-refractivity contribution in [3.63, 3.8) is 0 Å². The smallest absolute Gasteiger partial charge is 0.330 e. The van der Waals surface area contributed by atoms with Gasteiger partial charge in [0, 0.05) is 9.50 Å². The fourth-order valence-corrected chi connectivity index (χ4v) is 2.68. The Balaban J connectivity index is 2.25. The zero-order valence-corrected chi connectivity index (χ0v) is 13.1. The lowest BCUT2D eigenvalue weighted by molar-refractivity contribution is -0.139. The van der Waals surface area contributed by atoms with Crippen molar-refractivity contribution in [2.75, 3.05) is 0 Å². The summed E-state index contributed by atoms with van der Waals surface area (Å²) < 4.78 is 0.504. The highest BCUT2D eigenvalue weighted by Gasteiger charge is 2.23. The molecule has 0 saturated carbocycles. The molecule has 2 rings (SSSR count). The Kier molecular flexibility index (Phi) is 4.98. The molecular formula is C15H11BrClNO3. The monoisotopic (exact) mass is 367 g/mol. The molecule has 1 amide bonds. The van der Waals surface area contributed by atoms with E-state index < -0.39 is 17.9 Å². The fraction of sp³-hybridized carbons (Fsp3) is 0.0667. The first-order valence-electron chi connectivity index (χ1n) is 6.02. The summed E-state index contributed by atoms with van der Waals surface area (Å²) in [5.41, 5.74) is 0.824. The number of carbonyl (C=O) groups is 2. The molecular weight excluding hydrogens is 358 g/mol. The van der Waals surface area contributed by atoms with Gasteiger partial charge in [0.1, 0.15) is 0 Å². The van der Waals surface area contributed by atoms with Crippen molar-refractivity contribution >= 4 is 39.4 Å². The van der Waals surface area contributed by atoms with E-state index >= 15 is 0 Å². The van der Waals surface area contributed by atoms with Crippen LogP contribution in [0.2, 0.25) is 5.02 Å². The summed E-state index contributed by atoms with van der Waals surface area (Å²) in [7, 11) is 0. The van der Waals surface area contributed by atoms with Gasteiger partial charge in [-0.05, 0) is 39.7 Å². The van der Waals surface area contributed by atoms with Gasteiger partial charge in [0.25, 0.3) is 5.91 Å². The third-order valence-electron chi connectivity index (χ3n) is 2.83. The highest BCUT2D eigenvalue weighted by Crippen LogP contribution is 2.22. The minimum atomic E-state index is -1.13. The molecule has 21 heavy (non-hydrogen) atoms. The molecule has 0 radical (unpaired) electrons. The zero-order valence-electron chi connectivity index (χ0n) is 10.7. The Hall–Kier alpha value is -1.85. The molecule has 0 fully saturated rings. The van der Waals surface area contributed by atoms with E-state index in [1.165, 1.54) is 6.07 Å². The Bertz CT molecular complexity index is 676. The molecule has 0 aliphatic carbocycles. The lowest BCUT2D eigenvalue weighted by Gasteiger charge is -2.15. The first kappa shape index (κ1) is 15.5. The van der Waals surface area contributed by atoms with Gasteiger partial charge in [-0.2, -0.15) is 0 Å². The molecule has 1 atom stereocenters. The second kappa shape index (κ2) is 6.74. The Labute approximate surface area is 134 Å². The number of carbonyl (C=O) groups excluding carboxylic acids is 1. The van der Waals surface area contributed by atoms with Crippen molar-refractivity contribution in [3.05, 3.63) is 69.2 Å². The molecule has 0 unspecified atom stereocenters. The average Bonchev–Trinajstić information content (AvgIpc) is 2.45. The maximum Gasteiger partial charge on any atom is 0.330 e. The fourth-order valence-electron chi connectivity index (χ4n) is 1.82. The van der Waals surface area contributed by atoms with Gasteiger partial charge in [-0.3, -0.25) is 4.79 Å². The highest BCUT2D eigenvalue weighted by atomic mass is 79.9. The third kappa shape index (κ3) is 3.83. The van der Waals surface area contributed by atoms with Gasteiger partial charge >= 0.3 is 5.97 Å². The molecule has 2 aromatic carbocycles. The van der Waals surface area contributed by atoms with E-state index in [0.29, 0.717) is 20.6 Å². The first-order valence-corrected chi connectivity index (χ1v) is 7.20. The summed E-state index contributed by atoms with van der Waals surface area (Å²) in [6.07, 6.45) is 0. The molecule has 0 aromatic heterocycles.